The Morgan fingerprint density at radius 1 is 1.18 bits per heavy atom. The number of methoxy groups -OCH3 is 1. The molecule has 22 heavy (non-hydrogen) atoms. The van der Waals surface area contributed by atoms with Crippen molar-refractivity contribution in [2.24, 2.45) is 0 Å². The minimum atomic E-state index is -0.823. The molecule has 7 heteroatoms. The van der Waals surface area contributed by atoms with Crippen LogP contribution in [-0.4, -0.2) is 34.7 Å². The van der Waals surface area contributed by atoms with E-state index in [-0.39, 0.29) is 11.7 Å². The zero-order valence-corrected chi connectivity index (χ0v) is 12.7. The summed E-state index contributed by atoms with van der Waals surface area (Å²) in [5, 5.41) is 3.17. The summed E-state index contributed by atoms with van der Waals surface area (Å²) in [5.41, 5.74) is 0.670. The molecule has 6 nitrogen and oxygen atoms in total. The van der Waals surface area contributed by atoms with Crippen molar-refractivity contribution < 1.29 is 14.3 Å². The first-order valence-corrected chi connectivity index (χ1v) is 7.51. The van der Waals surface area contributed by atoms with E-state index in [1.54, 1.807) is 42.7 Å². The summed E-state index contributed by atoms with van der Waals surface area (Å²) in [7, 11) is 1.29. The molecule has 0 aliphatic rings. The number of thioether (sulfide) groups is 1. The van der Waals surface area contributed by atoms with Gasteiger partial charge >= 0.3 is 5.97 Å². The molecule has 1 atom stereocenters. The number of esters is 1. The molecule has 0 spiro atoms. The Hall–Kier alpha value is -2.41. The fraction of sp³-hybridized carbons (Fsp3) is 0.200. The van der Waals surface area contributed by atoms with Gasteiger partial charge in [-0.1, -0.05) is 42.1 Å². The van der Waals surface area contributed by atoms with Crippen molar-refractivity contribution in [1.82, 2.24) is 15.3 Å². The third-order valence-corrected chi connectivity index (χ3v) is 3.63. The summed E-state index contributed by atoms with van der Waals surface area (Å²) in [6, 6.07) is 9.82. The molecule has 1 unspecified atom stereocenters. The minimum Gasteiger partial charge on any atom is -0.467 e. The van der Waals surface area contributed by atoms with Gasteiger partial charge in [0.05, 0.1) is 12.9 Å². The highest BCUT2D eigenvalue weighted by molar-refractivity contribution is 7.99. The summed E-state index contributed by atoms with van der Waals surface area (Å²) in [5.74, 6) is -0.693. The fourth-order valence-electron chi connectivity index (χ4n) is 1.73. The van der Waals surface area contributed by atoms with Gasteiger partial charge in [-0.25, -0.2) is 14.8 Å². The first-order valence-electron chi connectivity index (χ1n) is 6.52. The van der Waals surface area contributed by atoms with E-state index in [9.17, 15) is 9.59 Å². The summed E-state index contributed by atoms with van der Waals surface area (Å²) in [6.45, 7) is 0. The lowest BCUT2D eigenvalue weighted by atomic mass is 10.1. The number of benzene rings is 1. The molecule has 2 aromatic rings. The summed E-state index contributed by atoms with van der Waals surface area (Å²) >= 11 is 1.20. The topological polar surface area (TPSA) is 81.2 Å². The third-order valence-electron chi connectivity index (χ3n) is 2.75. The van der Waals surface area contributed by atoms with Gasteiger partial charge in [0.2, 0.25) is 5.91 Å². The largest absolute Gasteiger partial charge is 0.467 e. The summed E-state index contributed by atoms with van der Waals surface area (Å²) < 4.78 is 4.75. The van der Waals surface area contributed by atoms with E-state index in [1.165, 1.54) is 18.9 Å². The summed E-state index contributed by atoms with van der Waals surface area (Å²) in [6.07, 6.45) is 3.21. The van der Waals surface area contributed by atoms with Crippen molar-refractivity contribution >= 4 is 23.6 Å². The average Bonchev–Trinajstić information content (AvgIpc) is 2.59. The normalized spacial score (nSPS) is 11.5. The number of hydrogen-bond acceptors (Lipinski definition) is 6. The number of carbonyl (C=O) groups excluding carboxylic acids is 2. The van der Waals surface area contributed by atoms with Crippen LogP contribution in [0, 0.1) is 0 Å². The van der Waals surface area contributed by atoms with Crippen molar-refractivity contribution in [2.75, 3.05) is 12.9 Å². The van der Waals surface area contributed by atoms with Gasteiger partial charge in [0.1, 0.15) is 0 Å². The monoisotopic (exact) mass is 317 g/mol. The Bertz CT molecular complexity index is 622. The van der Waals surface area contributed by atoms with Gasteiger partial charge < -0.3 is 10.1 Å². The first-order chi connectivity index (χ1) is 10.7. The molecule has 1 aromatic heterocycles. The zero-order valence-electron chi connectivity index (χ0n) is 11.9. The summed E-state index contributed by atoms with van der Waals surface area (Å²) in [4.78, 5) is 31.9. The van der Waals surface area contributed by atoms with Crippen molar-refractivity contribution in [2.45, 2.75) is 11.2 Å². The molecule has 2 rings (SSSR count). The van der Waals surface area contributed by atoms with Crippen LogP contribution in [0.4, 0.5) is 0 Å². The number of carbonyl (C=O) groups is 2. The molecule has 1 heterocycles. The molecule has 1 aromatic carbocycles. The molecule has 0 saturated carbocycles. The molecule has 0 bridgehead atoms. The molecule has 0 aliphatic heterocycles. The van der Waals surface area contributed by atoms with Crippen molar-refractivity contribution in [3.8, 4) is 0 Å². The molecule has 1 amide bonds. The molecule has 0 radical (unpaired) electrons. The smallest absolute Gasteiger partial charge is 0.333 e. The van der Waals surface area contributed by atoms with Crippen LogP contribution in [-0.2, 0) is 14.3 Å². The molecule has 1 N–H and O–H groups in total. The van der Waals surface area contributed by atoms with Crippen molar-refractivity contribution in [1.29, 1.82) is 0 Å². The molecular weight excluding hydrogens is 302 g/mol. The second-order valence-electron chi connectivity index (χ2n) is 4.25. The predicted octanol–water partition coefficient (Wildman–Crippen LogP) is 1.60. The maximum absolute atomic E-state index is 12.0. The van der Waals surface area contributed by atoms with E-state index in [1.807, 2.05) is 6.07 Å². The molecule has 114 valence electrons. The number of hydrogen-bond donors (Lipinski definition) is 1. The third kappa shape index (κ3) is 4.56. The zero-order chi connectivity index (χ0) is 15.8. The van der Waals surface area contributed by atoms with E-state index in [0.29, 0.717) is 10.7 Å². The Morgan fingerprint density at radius 3 is 2.50 bits per heavy atom. The lowest BCUT2D eigenvalue weighted by Crippen LogP contribution is -2.35. The SMILES string of the molecule is COC(=O)C(NC(=O)CSc1ncccn1)c1ccccc1. The number of rotatable bonds is 6. The van der Waals surface area contributed by atoms with Gasteiger partial charge in [0.15, 0.2) is 11.2 Å². The number of nitrogens with zero attached hydrogens (tertiary/aromatic N) is 2. The van der Waals surface area contributed by atoms with Crippen LogP contribution in [0.1, 0.15) is 11.6 Å². The van der Waals surface area contributed by atoms with E-state index in [0.717, 1.165) is 0 Å². The molecule has 0 aliphatic carbocycles. The molecular formula is C15H15N3O3S. The van der Waals surface area contributed by atoms with E-state index < -0.39 is 12.0 Å². The Morgan fingerprint density at radius 2 is 1.86 bits per heavy atom. The Labute approximate surface area is 132 Å². The van der Waals surface area contributed by atoms with Gasteiger partial charge in [-0.3, -0.25) is 4.79 Å². The van der Waals surface area contributed by atoms with Gasteiger partial charge in [-0.15, -0.1) is 0 Å². The van der Waals surface area contributed by atoms with Gasteiger partial charge in [0, 0.05) is 12.4 Å². The number of nitrogens with one attached hydrogen (secondary N) is 1. The van der Waals surface area contributed by atoms with E-state index >= 15 is 0 Å². The van der Waals surface area contributed by atoms with Crippen LogP contribution >= 0.6 is 11.8 Å². The highest BCUT2D eigenvalue weighted by atomic mass is 32.2. The van der Waals surface area contributed by atoms with Gasteiger partial charge in [-0.2, -0.15) is 0 Å². The average molecular weight is 317 g/mol. The number of amides is 1. The lowest BCUT2D eigenvalue weighted by Gasteiger charge is -2.16. The van der Waals surface area contributed by atoms with Crippen LogP contribution < -0.4 is 5.32 Å². The maximum Gasteiger partial charge on any atom is 0.333 e. The van der Waals surface area contributed by atoms with Crippen LogP contribution in [0.25, 0.3) is 0 Å². The van der Waals surface area contributed by atoms with E-state index in [2.05, 4.69) is 15.3 Å². The van der Waals surface area contributed by atoms with Crippen molar-refractivity contribution in [3.05, 3.63) is 54.4 Å². The molecule has 0 fully saturated rings. The highest BCUT2D eigenvalue weighted by Gasteiger charge is 2.23. The predicted molar refractivity (Wildman–Crippen MR) is 82.1 cm³/mol. The minimum absolute atomic E-state index is 0.115. The van der Waals surface area contributed by atoms with Crippen LogP contribution in [0.5, 0.6) is 0 Å². The van der Waals surface area contributed by atoms with E-state index in [4.69, 9.17) is 4.74 Å². The second-order valence-corrected chi connectivity index (χ2v) is 5.20. The van der Waals surface area contributed by atoms with Crippen LogP contribution in [0.3, 0.4) is 0 Å². The van der Waals surface area contributed by atoms with Crippen molar-refractivity contribution in [3.63, 3.8) is 0 Å². The highest BCUT2D eigenvalue weighted by Crippen LogP contribution is 2.16. The maximum atomic E-state index is 12.0. The standard InChI is InChI=1S/C15H15N3O3S/c1-21-14(20)13(11-6-3-2-4-7-11)18-12(19)10-22-15-16-8-5-9-17-15/h2-9,13H,10H2,1H3,(H,18,19). The Kier molecular flexibility index (Phi) is 5.91. The first kappa shape index (κ1) is 16.0. The van der Waals surface area contributed by atoms with Gasteiger partial charge in [-0.05, 0) is 11.6 Å². The Balaban J connectivity index is 1.98. The number of ether oxygens (including phenoxy) is 1. The lowest BCUT2D eigenvalue weighted by molar-refractivity contribution is -0.145. The second kappa shape index (κ2) is 8.14. The van der Waals surface area contributed by atoms with Crippen LogP contribution in [0.2, 0.25) is 0 Å². The van der Waals surface area contributed by atoms with Gasteiger partial charge in [0.25, 0.3) is 0 Å². The number of aromatic nitrogens is 2. The fourth-order valence-corrected chi connectivity index (χ4v) is 2.35. The quantitative estimate of drug-likeness (QED) is 0.495. The molecule has 0 saturated heterocycles. The van der Waals surface area contributed by atoms with Crippen LogP contribution in [0.15, 0.2) is 53.9 Å².